The molecule has 1 N–H and O–H groups in total. The molecule has 0 aromatic rings. The lowest BCUT2D eigenvalue weighted by Crippen LogP contribution is -2.24. The number of carbonyl (C=O) groups excluding carboxylic acids is 1. The molecule has 3 rings (SSSR count). The summed E-state index contributed by atoms with van der Waals surface area (Å²) < 4.78 is 0. The molecule has 0 aromatic heterocycles. The first-order valence-corrected chi connectivity index (χ1v) is 7.11. The van der Waals surface area contributed by atoms with E-state index in [1.54, 1.807) is 6.08 Å². The Morgan fingerprint density at radius 3 is 2.47 bits per heavy atom. The number of ketones is 1. The highest BCUT2D eigenvalue weighted by molar-refractivity contribution is 6.06. The van der Waals surface area contributed by atoms with Crippen molar-refractivity contribution in [2.45, 2.75) is 25.7 Å². The van der Waals surface area contributed by atoms with E-state index < -0.39 is 0 Å². The van der Waals surface area contributed by atoms with Crippen molar-refractivity contribution in [2.75, 3.05) is 19.6 Å². The molecule has 19 heavy (non-hydrogen) atoms. The molecule has 3 heteroatoms. The van der Waals surface area contributed by atoms with Crippen LogP contribution in [0.2, 0.25) is 0 Å². The van der Waals surface area contributed by atoms with Crippen LogP contribution in [0.3, 0.4) is 0 Å². The van der Waals surface area contributed by atoms with Crippen molar-refractivity contribution < 1.29 is 9.90 Å². The monoisotopic (exact) mass is 257 g/mol. The largest absolute Gasteiger partial charge is 0.510 e. The second-order valence-corrected chi connectivity index (χ2v) is 5.81. The average Bonchev–Trinajstić information content (AvgIpc) is 2.81. The molecule has 1 aliphatic heterocycles. The number of aliphatic hydroxyl groups is 1. The quantitative estimate of drug-likeness (QED) is 0.467. The van der Waals surface area contributed by atoms with Gasteiger partial charge in [-0.05, 0) is 42.7 Å². The fraction of sp³-hybridized carbons (Fsp3) is 0.562. The Morgan fingerprint density at radius 2 is 1.89 bits per heavy atom. The third-order valence-electron chi connectivity index (χ3n) is 4.46. The zero-order valence-corrected chi connectivity index (χ0v) is 11.1. The second-order valence-electron chi connectivity index (χ2n) is 5.81. The van der Waals surface area contributed by atoms with Gasteiger partial charge in [0.2, 0.25) is 5.78 Å². The molecule has 0 spiro atoms. The first-order chi connectivity index (χ1) is 9.22. The van der Waals surface area contributed by atoms with Gasteiger partial charge in [-0.2, -0.15) is 0 Å². The highest BCUT2D eigenvalue weighted by atomic mass is 16.3. The van der Waals surface area contributed by atoms with Crippen LogP contribution >= 0.6 is 0 Å². The maximum absolute atomic E-state index is 11.0. The molecule has 0 amide bonds. The lowest BCUT2D eigenvalue weighted by molar-refractivity contribution is -0.109. The zero-order chi connectivity index (χ0) is 13.2. The Hall–Kier alpha value is -1.53. The summed E-state index contributed by atoms with van der Waals surface area (Å²) in [5.41, 5.74) is 0.592. The van der Waals surface area contributed by atoms with Gasteiger partial charge in [0.25, 0.3) is 0 Å². The number of nitrogens with zero attached hydrogens (tertiary/aromatic N) is 1. The molecule has 2 atom stereocenters. The molecule has 3 nitrogen and oxygen atoms in total. The van der Waals surface area contributed by atoms with Crippen LogP contribution in [0.4, 0.5) is 0 Å². The average molecular weight is 257 g/mol. The van der Waals surface area contributed by atoms with Crippen LogP contribution in [-0.4, -0.2) is 35.4 Å². The van der Waals surface area contributed by atoms with Crippen LogP contribution in [0.25, 0.3) is 0 Å². The third kappa shape index (κ3) is 2.74. The molecular formula is C16H19NO2. The minimum atomic E-state index is -0.191. The summed E-state index contributed by atoms with van der Waals surface area (Å²) in [5, 5.41) is 10.1. The van der Waals surface area contributed by atoms with Crippen LogP contribution in [0, 0.1) is 23.7 Å². The summed E-state index contributed by atoms with van der Waals surface area (Å²) in [6, 6.07) is 0. The van der Waals surface area contributed by atoms with Gasteiger partial charge in [0.1, 0.15) is 5.76 Å². The highest BCUT2D eigenvalue weighted by Gasteiger charge is 2.34. The molecular weight excluding hydrogens is 238 g/mol. The van der Waals surface area contributed by atoms with Gasteiger partial charge >= 0.3 is 0 Å². The summed E-state index contributed by atoms with van der Waals surface area (Å²) >= 11 is 0. The van der Waals surface area contributed by atoms with Crippen LogP contribution in [0.5, 0.6) is 0 Å². The molecule has 2 aliphatic carbocycles. The topological polar surface area (TPSA) is 40.5 Å². The van der Waals surface area contributed by atoms with E-state index in [-0.39, 0.29) is 5.78 Å². The van der Waals surface area contributed by atoms with Crippen molar-refractivity contribution in [3.63, 3.8) is 0 Å². The molecule has 100 valence electrons. The number of fused-ring (bicyclic) bond motifs is 1. The Labute approximate surface area is 114 Å². The summed E-state index contributed by atoms with van der Waals surface area (Å²) in [7, 11) is 0. The molecule has 0 aromatic carbocycles. The standard InChI is InChI=1S/C16H19NO2/c18-15-7-5-12(6-8-15)16(19)11-17-9-13-3-1-2-4-14(13)10-17/h5,7,13-14,19H,1-4,9-11H2/t13-,14+. The molecule has 1 saturated heterocycles. The van der Waals surface area contributed by atoms with Gasteiger partial charge in [0.05, 0.1) is 12.1 Å². The maximum Gasteiger partial charge on any atom is 0.229 e. The lowest BCUT2D eigenvalue weighted by Gasteiger charge is -2.23. The van der Waals surface area contributed by atoms with Gasteiger partial charge in [-0.15, -0.1) is 0 Å². The Balaban J connectivity index is 1.64. The van der Waals surface area contributed by atoms with E-state index >= 15 is 0 Å². The fourth-order valence-electron chi connectivity index (χ4n) is 3.47. The third-order valence-corrected chi connectivity index (χ3v) is 4.46. The van der Waals surface area contributed by atoms with Gasteiger partial charge in [0, 0.05) is 13.1 Å². The summed E-state index contributed by atoms with van der Waals surface area (Å²) in [4.78, 5) is 13.3. The predicted molar refractivity (Wildman–Crippen MR) is 73.5 cm³/mol. The molecule has 2 fully saturated rings. The van der Waals surface area contributed by atoms with E-state index in [0.717, 1.165) is 24.9 Å². The molecule has 1 saturated carbocycles. The van der Waals surface area contributed by atoms with Crippen LogP contribution in [0.15, 0.2) is 23.5 Å². The normalized spacial score (nSPS) is 32.7. The van der Waals surface area contributed by atoms with E-state index in [1.807, 2.05) is 0 Å². The van der Waals surface area contributed by atoms with Crippen molar-refractivity contribution in [3.05, 3.63) is 23.5 Å². The van der Waals surface area contributed by atoms with Gasteiger partial charge < -0.3 is 5.11 Å². The first-order valence-electron chi connectivity index (χ1n) is 7.11. The molecule has 0 bridgehead atoms. The molecule has 1 heterocycles. The maximum atomic E-state index is 11.0. The van der Waals surface area contributed by atoms with Crippen LogP contribution in [-0.2, 0) is 4.79 Å². The van der Waals surface area contributed by atoms with Crippen LogP contribution in [0.1, 0.15) is 25.7 Å². The molecule has 3 aliphatic rings. The number of aliphatic hydroxyl groups excluding tert-OH is 1. The summed E-state index contributed by atoms with van der Waals surface area (Å²) in [6.45, 7) is 2.76. The Bertz CT molecular complexity index is 493. The molecule has 0 unspecified atom stereocenters. The Morgan fingerprint density at radius 1 is 1.21 bits per heavy atom. The van der Waals surface area contributed by atoms with Crippen molar-refractivity contribution in [1.82, 2.24) is 4.90 Å². The number of allylic oxidation sites excluding steroid dienone is 3. The Kier molecular flexibility index (Phi) is 3.44. The highest BCUT2D eigenvalue weighted by Crippen LogP contribution is 2.36. The number of likely N-dealkylation sites (tertiary alicyclic amines) is 1. The zero-order valence-electron chi connectivity index (χ0n) is 11.1. The minimum Gasteiger partial charge on any atom is -0.510 e. The van der Waals surface area contributed by atoms with E-state index in [4.69, 9.17) is 0 Å². The van der Waals surface area contributed by atoms with E-state index in [2.05, 4.69) is 16.7 Å². The number of hydrogen-bond donors (Lipinski definition) is 1. The predicted octanol–water partition coefficient (Wildman–Crippen LogP) is 2.06. The van der Waals surface area contributed by atoms with Crippen molar-refractivity contribution in [2.24, 2.45) is 11.8 Å². The van der Waals surface area contributed by atoms with E-state index in [1.165, 1.54) is 31.8 Å². The van der Waals surface area contributed by atoms with Gasteiger partial charge in [-0.1, -0.05) is 18.8 Å². The first kappa shape index (κ1) is 12.5. The van der Waals surface area contributed by atoms with Gasteiger partial charge in [-0.25, -0.2) is 0 Å². The number of hydrogen-bond acceptors (Lipinski definition) is 3. The summed E-state index contributed by atoms with van der Waals surface area (Å²) in [6.07, 6.45) is 8.44. The van der Waals surface area contributed by atoms with Crippen molar-refractivity contribution in [3.8, 4) is 11.8 Å². The fourth-order valence-corrected chi connectivity index (χ4v) is 3.47. The number of carbonyl (C=O) groups is 1. The number of rotatable bonds is 2. The smallest absolute Gasteiger partial charge is 0.229 e. The lowest BCUT2D eigenvalue weighted by atomic mass is 9.82. The summed E-state index contributed by atoms with van der Waals surface area (Å²) in [5.74, 6) is 6.95. The van der Waals surface area contributed by atoms with Crippen molar-refractivity contribution >= 4 is 5.78 Å². The van der Waals surface area contributed by atoms with Gasteiger partial charge in [0.15, 0.2) is 0 Å². The minimum absolute atomic E-state index is 0.191. The SMILES string of the molecule is O=C1C#CC(=C(O)CN2C[C@H]3CCCC[C@H]3C2)C=C1. The molecule has 0 radical (unpaired) electrons. The second kappa shape index (κ2) is 5.22. The van der Waals surface area contributed by atoms with E-state index in [0.29, 0.717) is 17.9 Å². The van der Waals surface area contributed by atoms with Gasteiger partial charge in [-0.3, -0.25) is 9.69 Å². The van der Waals surface area contributed by atoms with Crippen LogP contribution < -0.4 is 0 Å². The van der Waals surface area contributed by atoms with E-state index in [9.17, 15) is 9.90 Å². The van der Waals surface area contributed by atoms with Crippen molar-refractivity contribution in [1.29, 1.82) is 0 Å².